The summed E-state index contributed by atoms with van der Waals surface area (Å²) in [6, 6.07) is 7.89. The quantitative estimate of drug-likeness (QED) is 0.853. The molecule has 1 heterocycles. The van der Waals surface area contributed by atoms with Crippen molar-refractivity contribution in [2.45, 2.75) is 32.1 Å². The van der Waals surface area contributed by atoms with E-state index in [0.29, 0.717) is 12.1 Å². The minimum Gasteiger partial charge on any atom is -0.468 e. The lowest BCUT2D eigenvalue weighted by atomic mass is 9.70. The Morgan fingerprint density at radius 1 is 1.30 bits per heavy atom. The van der Waals surface area contributed by atoms with Crippen LogP contribution in [0.5, 0.6) is 0 Å². The molecule has 0 spiro atoms. The molecule has 120 valence electrons. The standard InChI is InChI=1S/C19H21NO3/c1-11-7-4-5-8-13(11)17-16(19(22)23-3)12(2)20-14-9-6-10-15(21)18(14)17/h4-5,7-8,16-17,20H,2,6,9-10H2,1,3H3. The summed E-state index contributed by atoms with van der Waals surface area (Å²) in [5, 5.41) is 3.20. The second-order valence-corrected chi connectivity index (χ2v) is 6.15. The molecule has 4 heteroatoms. The van der Waals surface area contributed by atoms with E-state index in [9.17, 15) is 9.59 Å². The number of nitrogens with one attached hydrogen (secondary N) is 1. The lowest BCUT2D eigenvalue weighted by Crippen LogP contribution is -2.41. The van der Waals surface area contributed by atoms with E-state index in [-0.39, 0.29) is 17.7 Å². The molecule has 1 aromatic rings. The Morgan fingerprint density at radius 3 is 2.74 bits per heavy atom. The van der Waals surface area contributed by atoms with Crippen LogP contribution in [-0.2, 0) is 14.3 Å². The Balaban J connectivity index is 2.21. The van der Waals surface area contributed by atoms with Crippen molar-refractivity contribution in [3.8, 4) is 0 Å². The number of rotatable bonds is 2. The summed E-state index contributed by atoms with van der Waals surface area (Å²) < 4.78 is 4.99. The van der Waals surface area contributed by atoms with Crippen molar-refractivity contribution >= 4 is 11.8 Å². The molecule has 0 aromatic heterocycles. The molecule has 3 rings (SSSR count). The van der Waals surface area contributed by atoms with Gasteiger partial charge in [0.1, 0.15) is 5.92 Å². The molecular weight excluding hydrogens is 290 g/mol. The monoisotopic (exact) mass is 311 g/mol. The van der Waals surface area contributed by atoms with Crippen LogP contribution in [0.4, 0.5) is 0 Å². The molecule has 2 unspecified atom stereocenters. The van der Waals surface area contributed by atoms with Gasteiger partial charge in [-0.1, -0.05) is 30.8 Å². The van der Waals surface area contributed by atoms with Crippen LogP contribution in [0.3, 0.4) is 0 Å². The first-order valence-corrected chi connectivity index (χ1v) is 7.90. The van der Waals surface area contributed by atoms with Crippen molar-refractivity contribution in [1.82, 2.24) is 5.32 Å². The molecule has 1 aliphatic heterocycles. The van der Waals surface area contributed by atoms with Crippen molar-refractivity contribution < 1.29 is 14.3 Å². The highest BCUT2D eigenvalue weighted by molar-refractivity contribution is 6.00. The van der Waals surface area contributed by atoms with Gasteiger partial charge in [-0.2, -0.15) is 0 Å². The normalized spacial score (nSPS) is 24.1. The number of ether oxygens (including phenoxy) is 1. The molecular formula is C19H21NO3. The third-order valence-corrected chi connectivity index (χ3v) is 4.77. The largest absolute Gasteiger partial charge is 0.468 e. The van der Waals surface area contributed by atoms with Crippen LogP contribution in [0.25, 0.3) is 0 Å². The van der Waals surface area contributed by atoms with Gasteiger partial charge in [0.2, 0.25) is 0 Å². The van der Waals surface area contributed by atoms with Crippen molar-refractivity contribution in [1.29, 1.82) is 0 Å². The maximum Gasteiger partial charge on any atom is 0.315 e. The SMILES string of the molecule is C=C1NC2=C(C(=O)CCC2)C(c2ccccc2C)C1C(=O)OC. The molecule has 0 saturated carbocycles. The molecule has 1 aromatic carbocycles. The summed E-state index contributed by atoms with van der Waals surface area (Å²) in [7, 11) is 1.37. The first kappa shape index (κ1) is 15.5. The van der Waals surface area contributed by atoms with E-state index in [1.54, 1.807) is 0 Å². The molecule has 2 atom stereocenters. The van der Waals surface area contributed by atoms with Gasteiger partial charge in [0.25, 0.3) is 0 Å². The molecule has 0 fully saturated rings. The highest BCUT2D eigenvalue weighted by atomic mass is 16.5. The predicted octanol–water partition coefficient (Wildman–Crippen LogP) is 2.99. The summed E-state index contributed by atoms with van der Waals surface area (Å²) in [5.41, 5.74) is 4.31. The zero-order valence-electron chi connectivity index (χ0n) is 13.5. The number of ketones is 1. The zero-order valence-corrected chi connectivity index (χ0v) is 13.5. The topological polar surface area (TPSA) is 55.4 Å². The van der Waals surface area contributed by atoms with Crippen LogP contribution in [0.15, 0.2) is 47.8 Å². The lowest BCUT2D eigenvalue weighted by molar-refractivity contribution is -0.144. The van der Waals surface area contributed by atoms with Crippen LogP contribution in [0, 0.1) is 12.8 Å². The van der Waals surface area contributed by atoms with Gasteiger partial charge >= 0.3 is 5.97 Å². The van der Waals surface area contributed by atoms with Crippen molar-refractivity contribution in [2.24, 2.45) is 5.92 Å². The Kier molecular flexibility index (Phi) is 4.07. The number of Topliss-reactive ketones (excluding diaryl/α,β-unsaturated/α-hetero) is 1. The summed E-state index contributed by atoms with van der Waals surface area (Å²) in [6.45, 7) is 6.03. The number of allylic oxidation sites excluding steroid dienone is 2. The van der Waals surface area contributed by atoms with E-state index in [4.69, 9.17) is 4.74 Å². The third-order valence-electron chi connectivity index (χ3n) is 4.77. The smallest absolute Gasteiger partial charge is 0.315 e. The lowest BCUT2D eigenvalue weighted by Gasteiger charge is -2.38. The predicted molar refractivity (Wildman–Crippen MR) is 87.6 cm³/mol. The van der Waals surface area contributed by atoms with Gasteiger partial charge < -0.3 is 10.1 Å². The van der Waals surface area contributed by atoms with Gasteiger partial charge in [-0.15, -0.1) is 0 Å². The summed E-state index contributed by atoms with van der Waals surface area (Å²) in [5.74, 6) is -1.14. The average molecular weight is 311 g/mol. The summed E-state index contributed by atoms with van der Waals surface area (Å²) in [4.78, 5) is 25.0. The number of benzene rings is 1. The van der Waals surface area contributed by atoms with E-state index < -0.39 is 5.92 Å². The van der Waals surface area contributed by atoms with E-state index in [1.807, 2.05) is 31.2 Å². The van der Waals surface area contributed by atoms with Gasteiger partial charge in [0.05, 0.1) is 7.11 Å². The van der Waals surface area contributed by atoms with Crippen molar-refractivity contribution in [3.63, 3.8) is 0 Å². The van der Waals surface area contributed by atoms with E-state index in [1.165, 1.54) is 7.11 Å². The molecule has 1 N–H and O–H groups in total. The maximum absolute atomic E-state index is 12.6. The second-order valence-electron chi connectivity index (χ2n) is 6.15. The fourth-order valence-electron chi connectivity index (χ4n) is 3.67. The Morgan fingerprint density at radius 2 is 2.04 bits per heavy atom. The fraction of sp³-hybridized carbons (Fsp3) is 0.368. The van der Waals surface area contributed by atoms with Gasteiger partial charge in [-0.05, 0) is 30.9 Å². The maximum atomic E-state index is 12.6. The second kappa shape index (κ2) is 6.03. The number of esters is 1. The Hall–Kier alpha value is -2.36. The zero-order chi connectivity index (χ0) is 16.6. The number of hydrogen-bond donors (Lipinski definition) is 1. The summed E-state index contributed by atoms with van der Waals surface area (Å²) in [6.07, 6.45) is 2.18. The van der Waals surface area contributed by atoms with Crippen LogP contribution in [0.2, 0.25) is 0 Å². The van der Waals surface area contributed by atoms with Crippen LogP contribution in [-0.4, -0.2) is 18.9 Å². The molecule has 23 heavy (non-hydrogen) atoms. The van der Waals surface area contributed by atoms with Crippen LogP contribution >= 0.6 is 0 Å². The summed E-state index contributed by atoms with van der Waals surface area (Å²) >= 11 is 0. The molecule has 4 nitrogen and oxygen atoms in total. The molecule has 1 aliphatic carbocycles. The highest BCUT2D eigenvalue weighted by Gasteiger charge is 2.43. The molecule has 0 radical (unpaired) electrons. The Bertz CT molecular complexity index is 717. The van der Waals surface area contributed by atoms with E-state index in [0.717, 1.165) is 35.2 Å². The van der Waals surface area contributed by atoms with E-state index >= 15 is 0 Å². The molecule has 0 saturated heterocycles. The van der Waals surface area contributed by atoms with Gasteiger partial charge in [-0.25, -0.2) is 0 Å². The number of aryl methyl sites for hydroxylation is 1. The number of carbonyl (C=O) groups excluding carboxylic acids is 2. The molecule has 0 bridgehead atoms. The van der Waals surface area contributed by atoms with Crippen molar-refractivity contribution in [2.75, 3.05) is 7.11 Å². The minimum absolute atomic E-state index is 0.119. The molecule has 2 aliphatic rings. The average Bonchev–Trinajstić information content (AvgIpc) is 2.54. The van der Waals surface area contributed by atoms with Gasteiger partial charge in [0, 0.05) is 29.3 Å². The van der Waals surface area contributed by atoms with Crippen molar-refractivity contribution in [3.05, 3.63) is 58.9 Å². The number of methoxy groups -OCH3 is 1. The van der Waals surface area contributed by atoms with Crippen LogP contribution < -0.4 is 5.32 Å². The fourth-order valence-corrected chi connectivity index (χ4v) is 3.67. The first-order valence-electron chi connectivity index (χ1n) is 7.90. The first-order chi connectivity index (χ1) is 11.0. The highest BCUT2D eigenvalue weighted by Crippen LogP contribution is 2.45. The van der Waals surface area contributed by atoms with Crippen LogP contribution in [0.1, 0.15) is 36.3 Å². The minimum atomic E-state index is -0.582. The number of hydrogen-bond acceptors (Lipinski definition) is 4. The third kappa shape index (κ3) is 2.58. The number of carbonyl (C=O) groups is 2. The molecule has 0 amide bonds. The van der Waals surface area contributed by atoms with Gasteiger partial charge in [0.15, 0.2) is 5.78 Å². The Labute approximate surface area is 136 Å². The van der Waals surface area contributed by atoms with Gasteiger partial charge in [-0.3, -0.25) is 9.59 Å². The van der Waals surface area contributed by atoms with E-state index in [2.05, 4.69) is 11.9 Å².